The van der Waals surface area contributed by atoms with Gasteiger partial charge in [0.1, 0.15) is 0 Å². The van der Waals surface area contributed by atoms with Gasteiger partial charge in [-0.25, -0.2) is 0 Å². The number of carbonyl (C=O) groups excluding carboxylic acids is 1. The lowest BCUT2D eigenvalue weighted by molar-refractivity contribution is -0.140. The van der Waals surface area contributed by atoms with Crippen molar-refractivity contribution in [3.05, 3.63) is 0 Å². The second-order valence-electron chi connectivity index (χ2n) is 5.70. The second-order valence-corrected chi connectivity index (χ2v) is 5.70. The lowest BCUT2D eigenvalue weighted by Crippen LogP contribution is -2.56. The molecule has 0 aromatic carbocycles. The van der Waals surface area contributed by atoms with Gasteiger partial charge in [0.2, 0.25) is 5.91 Å². The van der Waals surface area contributed by atoms with E-state index in [-0.39, 0.29) is 5.91 Å². The summed E-state index contributed by atoms with van der Waals surface area (Å²) < 4.78 is 0. The number of hydrogen-bond donors (Lipinski definition) is 1. The quantitative estimate of drug-likeness (QED) is 0.744. The number of hydrogen-bond acceptors (Lipinski definition) is 2. The largest absolute Gasteiger partial charge is 0.338 e. The maximum absolute atomic E-state index is 12.6. The van der Waals surface area contributed by atoms with Crippen LogP contribution in [0.5, 0.6) is 0 Å². The van der Waals surface area contributed by atoms with E-state index in [9.17, 15) is 4.79 Å². The summed E-state index contributed by atoms with van der Waals surface area (Å²) in [5.74, 6) is 0.717. The monoisotopic (exact) mass is 242 g/mol. The molecule has 0 aliphatic carbocycles. The molecule has 1 amide bonds. The van der Waals surface area contributed by atoms with Crippen LogP contribution in [0, 0.1) is 5.92 Å². The van der Waals surface area contributed by atoms with Crippen LogP contribution in [0.2, 0.25) is 0 Å². The van der Waals surface area contributed by atoms with Gasteiger partial charge in [0.25, 0.3) is 0 Å². The number of nitrogens with one attached hydrogen (secondary N) is 1. The van der Waals surface area contributed by atoms with Crippen molar-refractivity contribution in [1.29, 1.82) is 0 Å². The summed E-state index contributed by atoms with van der Waals surface area (Å²) in [6.45, 7) is 13.4. The summed E-state index contributed by atoms with van der Waals surface area (Å²) >= 11 is 0. The average molecular weight is 242 g/mol. The van der Waals surface area contributed by atoms with E-state index >= 15 is 0 Å². The van der Waals surface area contributed by atoms with Gasteiger partial charge < -0.3 is 10.2 Å². The van der Waals surface area contributed by atoms with Crippen LogP contribution in [0.1, 0.15) is 54.4 Å². The Kier molecular flexibility index (Phi) is 6.76. The molecule has 0 atom stereocenters. The van der Waals surface area contributed by atoms with Gasteiger partial charge in [0.05, 0.1) is 5.54 Å². The van der Waals surface area contributed by atoms with Crippen LogP contribution < -0.4 is 5.32 Å². The Balaban J connectivity index is 4.97. The van der Waals surface area contributed by atoms with Crippen LogP contribution in [-0.2, 0) is 4.79 Å². The number of carbonyl (C=O) groups is 1. The molecule has 0 unspecified atom stereocenters. The SMILES string of the molecule is CCC(CC)N(CC(C)C)C(=O)C(C)(C)NC. The molecule has 0 fully saturated rings. The third kappa shape index (κ3) is 4.66. The molecule has 0 saturated carbocycles. The van der Waals surface area contributed by atoms with Crippen molar-refractivity contribution in [1.82, 2.24) is 10.2 Å². The summed E-state index contributed by atoms with van der Waals surface area (Å²) in [6.07, 6.45) is 2.05. The first-order chi connectivity index (χ1) is 7.80. The number of nitrogens with zero attached hydrogens (tertiary/aromatic N) is 1. The van der Waals surface area contributed by atoms with E-state index in [4.69, 9.17) is 0 Å². The van der Waals surface area contributed by atoms with E-state index in [2.05, 4.69) is 37.9 Å². The van der Waals surface area contributed by atoms with Crippen molar-refractivity contribution in [2.45, 2.75) is 66.0 Å². The van der Waals surface area contributed by atoms with Gasteiger partial charge in [-0.2, -0.15) is 0 Å². The molecule has 1 N–H and O–H groups in total. The smallest absolute Gasteiger partial charge is 0.242 e. The molecule has 3 nitrogen and oxygen atoms in total. The minimum Gasteiger partial charge on any atom is -0.338 e. The highest BCUT2D eigenvalue weighted by atomic mass is 16.2. The average Bonchev–Trinajstić information content (AvgIpc) is 2.27. The zero-order valence-corrected chi connectivity index (χ0v) is 12.6. The third-order valence-corrected chi connectivity index (χ3v) is 3.37. The third-order valence-electron chi connectivity index (χ3n) is 3.37. The van der Waals surface area contributed by atoms with E-state index in [1.54, 1.807) is 0 Å². The summed E-state index contributed by atoms with van der Waals surface area (Å²) in [4.78, 5) is 14.6. The minimum atomic E-state index is -0.475. The Morgan fingerprint density at radius 2 is 1.71 bits per heavy atom. The summed E-state index contributed by atoms with van der Waals surface area (Å²) in [5.41, 5.74) is -0.475. The van der Waals surface area contributed by atoms with Gasteiger partial charge in [0, 0.05) is 12.6 Å². The standard InChI is InChI=1S/C14H30N2O/c1-8-12(9-2)16(10-11(3)4)13(17)14(5,6)15-7/h11-12,15H,8-10H2,1-7H3. The van der Waals surface area contributed by atoms with E-state index in [1.807, 2.05) is 20.9 Å². The van der Waals surface area contributed by atoms with Crippen molar-refractivity contribution < 1.29 is 4.79 Å². The molecule has 0 aromatic heterocycles. The predicted molar refractivity (Wildman–Crippen MR) is 74.1 cm³/mol. The van der Waals surface area contributed by atoms with Crippen molar-refractivity contribution >= 4 is 5.91 Å². The molecule has 3 heteroatoms. The molecule has 0 spiro atoms. The van der Waals surface area contributed by atoms with Crippen molar-refractivity contribution in [3.63, 3.8) is 0 Å². The maximum Gasteiger partial charge on any atom is 0.242 e. The zero-order valence-electron chi connectivity index (χ0n) is 12.6. The van der Waals surface area contributed by atoms with Crippen LogP contribution in [0.25, 0.3) is 0 Å². The molecule has 0 bridgehead atoms. The molecule has 0 aliphatic rings. The van der Waals surface area contributed by atoms with Crippen molar-refractivity contribution in [2.24, 2.45) is 5.92 Å². The van der Waals surface area contributed by atoms with Crippen molar-refractivity contribution in [3.8, 4) is 0 Å². The summed E-state index contributed by atoms with van der Waals surface area (Å²) in [6, 6.07) is 0.359. The lowest BCUT2D eigenvalue weighted by Gasteiger charge is -2.37. The fraction of sp³-hybridized carbons (Fsp3) is 0.929. The molecule has 0 saturated heterocycles. The molecule has 0 aliphatic heterocycles. The van der Waals surface area contributed by atoms with Crippen LogP contribution in [0.15, 0.2) is 0 Å². The fourth-order valence-electron chi connectivity index (χ4n) is 1.99. The molecule has 0 rings (SSSR count). The Morgan fingerprint density at radius 1 is 1.24 bits per heavy atom. The van der Waals surface area contributed by atoms with Crippen molar-refractivity contribution in [2.75, 3.05) is 13.6 Å². The van der Waals surface area contributed by atoms with Gasteiger partial charge in [-0.3, -0.25) is 4.79 Å². The summed E-state index contributed by atoms with van der Waals surface area (Å²) in [5, 5.41) is 3.11. The first-order valence-corrected chi connectivity index (χ1v) is 6.80. The van der Waals surface area contributed by atoms with Gasteiger partial charge in [-0.05, 0) is 39.7 Å². The zero-order chi connectivity index (χ0) is 13.6. The Bertz CT molecular complexity index is 232. The van der Waals surface area contributed by atoms with E-state index in [0.717, 1.165) is 19.4 Å². The Morgan fingerprint density at radius 3 is 2.00 bits per heavy atom. The Hall–Kier alpha value is -0.570. The first-order valence-electron chi connectivity index (χ1n) is 6.80. The van der Waals surface area contributed by atoms with E-state index in [0.29, 0.717) is 12.0 Å². The van der Waals surface area contributed by atoms with E-state index in [1.165, 1.54) is 0 Å². The summed E-state index contributed by atoms with van der Waals surface area (Å²) in [7, 11) is 1.85. The molecule has 17 heavy (non-hydrogen) atoms. The number of likely N-dealkylation sites (N-methyl/N-ethyl adjacent to an activating group) is 1. The highest BCUT2D eigenvalue weighted by Crippen LogP contribution is 2.17. The van der Waals surface area contributed by atoms with Crippen LogP contribution in [-0.4, -0.2) is 36.0 Å². The van der Waals surface area contributed by atoms with Gasteiger partial charge in [-0.15, -0.1) is 0 Å². The molecule has 102 valence electrons. The lowest BCUT2D eigenvalue weighted by atomic mass is 9.99. The van der Waals surface area contributed by atoms with Crippen LogP contribution in [0.3, 0.4) is 0 Å². The van der Waals surface area contributed by atoms with Crippen LogP contribution in [0.4, 0.5) is 0 Å². The molecule has 0 radical (unpaired) electrons. The second kappa shape index (κ2) is 7.00. The number of amides is 1. The van der Waals surface area contributed by atoms with E-state index < -0.39 is 5.54 Å². The fourth-order valence-corrected chi connectivity index (χ4v) is 1.99. The Labute approximate surface area is 107 Å². The topological polar surface area (TPSA) is 32.3 Å². The van der Waals surface area contributed by atoms with Gasteiger partial charge >= 0.3 is 0 Å². The van der Waals surface area contributed by atoms with Gasteiger partial charge in [-0.1, -0.05) is 27.7 Å². The highest BCUT2D eigenvalue weighted by Gasteiger charge is 2.33. The number of rotatable bonds is 7. The minimum absolute atomic E-state index is 0.211. The molecular weight excluding hydrogens is 212 g/mol. The maximum atomic E-state index is 12.6. The molecule has 0 aromatic rings. The van der Waals surface area contributed by atoms with Gasteiger partial charge in [0.15, 0.2) is 0 Å². The first kappa shape index (κ1) is 16.4. The predicted octanol–water partition coefficient (Wildman–Crippen LogP) is 2.66. The highest BCUT2D eigenvalue weighted by molar-refractivity contribution is 5.85. The normalized spacial score (nSPS) is 12.3. The molecular formula is C14H30N2O. The van der Waals surface area contributed by atoms with Crippen LogP contribution >= 0.6 is 0 Å². The molecule has 0 heterocycles.